The highest BCUT2D eigenvalue weighted by molar-refractivity contribution is 9.10. The average molecular weight is 374 g/mol. The van der Waals surface area contributed by atoms with Crippen molar-refractivity contribution in [1.29, 1.82) is 0 Å². The third-order valence-corrected chi connectivity index (χ3v) is 4.72. The molecule has 5 heteroatoms. The van der Waals surface area contributed by atoms with Crippen LogP contribution in [0.3, 0.4) is 0 Å². The fraction of sp³-hybridized carbons (Fsp3) is 0.333. The van der Waals surface area contributed by atoms with E-state index in [0.29, 0.717) is 5.56 Å². The van der Waals surface area contributed by atoms with Crippen LogP contribution >= 0.6 is 15.9 Å². The first-order chi connectivity index (χ1) is 11.0. The summed E-state index contributed by atoms with van der Waals surface area (Å²) >= 11 is 3.48. The first-order valence-corrected chi connectivity index (χ1v) is 8.55. The van der Waals surface area contributed by atoms with E-state index in [1.165, 1.54) is 0 Å². The van der Waals surface area contributed by atoms with E-state index in [0.717, 1.165) is 47.6 Å². The second-order valence-corrected chi connectivity index (χ2v) is 6.85. The van der Waals surface area contributed by atoms with Crippen molar-refractivity contribution in [2.24, 2.45) is 0 Å². The number of halogens is 1. The lowest BCUT2D eigenvalue weighted by molar-refractivity contribution is 0.0663. The normalized spacial score (nSPS) is 15.7. The molecule has 1 aromatic heterocycles. The summed E-state index contributed by atoms with van der Waals surface area (Å²) in [5, 5.41) is 0. The third-order valence-electron chi connectivity index (χ3n) is 4.23. The van der Waals surface area contributed by atoms with Crippen molar-refractivity contribution in [1.82, 2.24) is 14.8 Å². The first kappa shape index (κ1) is 16.1. The van der Waals surface area contributed by atoms with Gasteiger partial charge in [-0.3, -0.25) is 9.78 Å². The van der Waals surface area contributed by atoms with Crippen LogP contribution < -0.4 is 0 Å². The zero-order chi connectivity index (χ0) is 16.4. The van der Waals surface area contributed by atoms with E-state index in [1.807, 2.05) is 48.2 Å². The Kier molecular flexibility index (Phi) is 4.78. The van der Waals surface area contributed by atoms with Gasteiger partial charge in [0, 0.05) is 36.2 Å². The van der Waals surface area contributed by atoms with Crippen LogP contribution in [0, 0.1) is 6.92 Å². The minimum absolute atomic E-state index is 0.0869. The molecule has 1 aliphatic heterocycles. The lowest BCUT2D eigenvalue weighted by Crippen LogP contribution is -2.47. The van der Waals surface area contributed by atoms with Crippen LogP contribution in [0.25, 0.3) is 11.3 Å². The number of hydrogen-bond acceptors (Lipinski definition) is 3. The number of likely N-dealkylation sites (N-methyl/N-ethyl adjacent to an activating group) is 1. The Labute approximate surface area is 145 Å². The molecule has 1 aromatic carbocycles. The standard InChI is InChI=1S/C18H20BrN3O/c1-13-16(18(23)22-10-8-21(2)9-11-22)6-7-17(20-13)14-4-3-5-15(19)12-14/h3-7,12H,8-11H2,1-2H3. The number of carbonyl (C=O) groups excluding carboxylic acids is 1. The number of aromatic nitrogens is 1. The van der Waals surface area contributed by atoms with Gasteiger partial charge in [-0.25, -0.2) is 0 Å². The van der Waals surface area contributed by atoms with Gasteiger partial charge in [-0.05, 0) is 38.2 Å². The summed E-state index contributed by atoms with van der Waals surface area (Å²) in [5.41, 5.74) is 3.42. The molecule has 0 N–H and O–H groups in total. The van der Waals surface area contributed by atoms with Gasteiger partial charge in [0.1, 0.15) is 0 Å². The summed E-state index contributed by atoms with van der Waals surface area (Å²) < 4.78 is 1.02. The predicted molar refractivity (Wildman–Crippen MR) is 95.5 cm³/mol. The highest BCUT2D eigenvalue weighted by Gasteiger charge is 2.22. The average Bonchev–Trinajstić information content (AvgIpc) is 2.55. The largest absolute Gasteiger partial charge is 0.336 e. The van der Waals surface area contributed by atoms with E-state index in [2.05, 4.69) is 32.9 Å². The molecule has 4 nitrogen and oxygen atoms in total. The maximum atomic E-state index is 12.7. The zero-order valence-corrected chi connectivity index (χ0v) is 15.0. The fourth-order valence-electron chi connectivity index (χ4n) is 2.78. The number of amides is 1. The third kappa shape index (κ3) is 3.62. The van der Waals surface area contributed by atoms with Gasteiger partial charge in [-0.15, -0.1) is 0 Å². The molecule has 0 bridgehead atoms. The number of aryl methyl sites for hydroxylation is 1. The second kappa shape index (κ2) is 6.81. The molecule has 0 atom stereocenters. The number of pyridine rings is 1. The quantitative estimate of drug-likeness (QED) is 0.810. The Morgan fingerprint density at radius 3 is 2.52 bits per heavy atom. The van der Waals surface area contributed by atoms with Crippen LogP contribution in [-0.4, -0.2) is 53.9 Å². The second-order valence-electron chi connectivity index (χ2n) is 5.94. The highest BCUT2D eigenvalue weighted by atomic mass is 79.9. The Morgan fingerprint density at radius 2 is 1.87 bits per heavy atom. The Morgan fingerprint density at radius 1 is 1.13 bits per heavy atom. The van der Waals surface area contributed by atoms with Crippen LogP contribution in [0.4, 0.5) is 0 Å². The molecule has 0 spiro atoms. The van der Waals surface area contributed by atoms with Gasteiger partial charge in [0.2, 0.25) is 0 Å². The van der Waals surface area contributed by atoms with E-state index in [1.54, 1.807) is 0 Å². The topological polar surface area (TPSA) is 36.4 Å². The Bertz CT molecular complexity index is 724. The van der Waals surface area contributed by atoms with E-state index in [4.69, 9.17) is 0 Å². The number of rotatable bonds is 2. The summed E-state index contributed by atoms with van der Waals surface area (Å²) in [6.45, 7) is 5.32. The van der Waals surface area contributed by atoms with Gasteiger partial charge in [0.05, 0.1) is 17.0 Å². The fourth-order valence-corrected chi connectivity index (χ4v) is 3.17. The van der Waals surface area contributed by atoms with E-state index >= 15 is 0 Å². The van der Waals surface area contributed by atoms with Crippen molar-refractivity contribution in [2.75, 3.05) is 33.2 Å². The molecule has 120 valence electrons. The molecule has 1 aliphatic rings. The number of piperazine rings is 1. The molecule has 2 heterocycles. The molecule has 23 heavy (non-hydrogen) atoms. The van der Waals surface area contributed by atoms with E-state index in [-0.39, 0.29) is 5.91 Å². The van der Waals surface area contributed by atoms with Crippen LogP contribution in [0.1, 0.15) is 16.1 Å². The van der Waals surface area contributed by atoms with Crippen molar-refractivity contribution in [3.63, 3.8) is 0 Å². The molecule has 1 saturated heterocycles. The maximum Gasteiger partial charge on any atom is 0.255 e. The smallest absolute Gasteiger partial charge is 0.255 e. The number of hydrogen-bond donors (Lipinski definition) is 0. The molecule has 0 aliphatic carbocycles. The SMILES string of the molecule is Cc1nc(-c2cccc(Br)c2)ccc1C(=O)N1CCN(C)CC1. The molecule has 0 radical (unpaired) electrons. The molecule has 0 saturated carbocycles. The van der Waals surface area contributed by atoms with Gasteiger partial charge in [0.15, 0.2) is 0 Å². The van der Waals surface area contributed by atoms with E-state index in [9.17, 15) is 4.79 Å². The Balaban J connectivity index is 1.83. The van der Waals surface area contributed by atoms with Gasteiger partial charge < -0.3 is 9.80 Å². The van der Waals surface area contributed by atoms with Gasteiger partial charge in [0.25, 0.3) is 5.91 Å². The summed E-state index contributed by atoms with van der Waals surface area (Å²) in [6.07, 6.45) is 0. The maximum absolute atomic E-state index is 12.7. The summed E-state index contributed by atoms with van der Waals surface area (Å²) in [6, 6.07) is 11.9. The van der Waals surface area contributed by atoms with Crippen LogP contribution in [0.15, 0.2) is 40.9 Å². The van der Waals surface area contributed by atoms with Crippen LogP contribution in [0.2, 0.25) is 0 Å². The highest BCUT2D eigenvalue weighted by Crippen LogP contribution is 2.23. The summed E-state index contributed by atoms with van der Waals surface area (Å²) in [5.74, 6) is 0.0869. The molecule has 0 unspecified atom stereocenters. The summed E-state index contributed by atoms with van der Waals surface area (Å²) in [4.78, 5) is 21.5. The number of benzene rings is 1. The summed E-state index contributed by atoms with van der Waals surface area (Å²) in [7, 11) is 2.08. The monoisotopic (exact) mass is 373 g/mol. The number of carbonyl (C=O) groups is 1. The van der Waals surface area contributed by atoms with Crippen molar-refractivity contribution in [3.05, 3.63) is 52.1 Å². The minimum atomic E-state index is 0.0869. The first-order valence-electron chi connectivity index (χ1n) is 7.76. The predicted octanol–water partition coefficient (Wildman–Crippen LogP) is 3.21. The van der Waals surface area contributed by atoms with Crippen molar-refractivity contribution < 1.29 is 4.79 Å². The molecule has 2 aromatic rings. The van der Waals surface area contributed by atoms with E-state index < -0.39 is 0 Å². The van der Waals surface area contributed by atoms with Gasteiger partial charge in [-0.1, -0.05) is 28.1 Å². The molecule has 1 fully saturated rings. The van der Waals surface area contributed by atoms with Crippen molar-refractivity contribution in [3.8, 4) is 11.3 Å². The molecule has 1 amide bonds. The van der Waals surface area contributed by atoms with Gasteiger partial charge in [-0.2, -0.15) is 0 Å². The Hall–Kier alpha value is -1.72. The minimum Gasteiger partial charge on any atom is -0.336 e. The van der Waals surface area contributed by atoms with Crippen LogP contribution in [-0.2, 0) is 0 Å². The van der Waals surface area contributed by atoms with Crippen molar-refractivity contribution >= 4 is 21.8 Å². The van der Waals surface area contributed by atoms with Crippen molar-refractivity contribution in [2.45, 2.75) is 6.92 Å². The molecule has 3 rings (SSSR count). The molecular weight excluding hydrogens is 354 g/mol. The lowest BCUT2D eigenvalue weighted by Gasteiger charge is -2.32. The lowest BCUT2D eigenvalue weighted by atomic mass is 10.1. The van der Waals surface area contributed by atoms with Crippen LogP contribution in [0.5, 0.6) is 0 Å². The molecular formula is C18H20BrN3O. The number of nitrogens with zero attached hydrogens (tertiary/aromatic N) is 3. The van der Waals surface area contributed by atoms with Gasteiger partial charge >= 0.3 is 0 Å². The zero-order valence-electron chi connectivity index (χ0n) is 13.4.